The lowest BCUT2D eigenvalue weighted by Crippen LogP contribution is -2.47. The number of nitrogens with one attached hydrogen (secondary N) is 1. The number of nitrogens with zero attached hydrogens (tertiary/aromatic N) is 3. The van der Waals surface area contributed by atoms with Crippen molar-refractivity contribution in [1.29, 1.82) is 0 Å². The Kier molecular flexibility index (Phi) is 4.40. The van der Waals surface area contributed by atoms with Crippen molar-refractivity contribution in [2.75, 3.05) is 25.0 Å². The van der Waals surface area contributed by atoms with Crippen LogP contribution in [0.1, 0.15) is 41.1 Å². The van der Waals surface area contributed by atoms with Crippen molar-refractivity contribution >= 4 is 11.9 Å². The molecule has 2 aliphatic rings. The number of carbonyl (C=O) groups is 1. The van der Waals surface area contributed by atoms with Crippen LogP contribution in [0.15, 0.2) is 28.9 Å². The fourth-order valence-corrected chi connectivity index (χ4v) is 4.02. The maximum absolute atomic E-state index is 12.9. The molecule has 7 heteroatoms. The molecule has 1 amide bonds. The largest absolute Gasteiger partial charge is 0.466 e. The first-order chi connectivity index (χ1) is 12.5. The van der Waals surface area contributed by atoms with Gasteiger partial charge in [0.15, 0.2) is 0 Å². The van der Waals surface area contributed by atoms with Gasteiger partial charge in [-0.05, 0) is 45.2 Å². The second-order valence-corrected chi connectivity index (χ2v) is 7.24. The van der Waals surface area contributed by atoms with Crippen LogP contribution >= 0.6 is 0 Å². The van der Waals surface area contributed by atoms with E-state index < -0.39 is 0 Å². The van der Waals surface area contributed by atoms with Crippen LogP contribution in [-0.4, -0.2) is 52.1 Å². The SMILES string of the molecule is Cc1cc(C(=O)N2CC[C@]3(C[C@@H](Nc4ncccn4)CCO3)C2)c(C)o1. The number of ether oxygens (including phenoxy) is 1. The highest BCUT2D eigenvalue weighted by molar-refractivity contribution is 5.95. The van der Waals surface area contributed by atoms with Gasteiger partial charge in [-0.25, -0.2) is 9.97 Å². The molecule has 0 saturated carbocycles. The van der Waals surface area contributed by atoms with Crippen molar-refractivity contribution in [3.63, 3.8) is 0 Å². The number of anilines is 1. The Morgan fingerprint density at radius 3 is 2.88 bits per heavy atom. The van der Waals surface area contributed by atoms with Gasteiger partial charge >= 0.3 is 0 Å². The third-order valence-corrected chi connectivity index (χ3v) is 5.27. The summed E-state index contributed by atoms with van der Waals surface area (Å²) in [5, 5.41) is 3.40. The van der Waals surface area contributed by atoms with E-state index in [1.54, 1.807) is 18.5 Å². The molecule has 2 aromatic rings. The van der Waals surface area contributed by atoms with E-state index in [4.69, 9.17) is 9.15 Å². The van der Waals surface area contributed by atoms with Crippen molar-refractivity contribution in [2.24, 2.45) is 0 Å². The van der Waals surface area contributed by atoms with Gasteiger partial charge in [0, 0.05) is 31.6 Å². The quantitative estimate of drug-likeness (QED) is 0.910. The van der Waals surface area contributed by atoms with Crippen molar-refractivity contribution < 1.29 is 13.9 Å². The number of aryl methyl sites for hydroxylation is 2. The normalized spacial score (nSPS) is 25.6. The van der Waals surface area contributed by atoms with E-state index in [0.717, 1.165) is 25.0 Å². The van der Waals surface area contributed by atoms with Crippen molar-refractivity contribution in [3.8, 4) is 0 Å². The zero-order valence-corrected chi connectivity index (χ0v) is 15.2. The third-order valence-electron chi connectivity index (χ3n) is 5.27. The molecule has 0 aliphatic carbocycles. The van der Waals surface area contributed by atoms with E-state index in [1.807, 2.05) is 24.8 Å². The molecule has 26 heavy (non-hydrogen) atoms. The van der Waals surface area contributed by atoms with Crippen LogP contribution in [0.4, 0.5) is 5.95 Å². The van der Waals surface area contributed by atoms with Gasteiger partial charge in [0.25, 0.3) is 5.91 Å². The maximum atomic E-state index is 12.9. The second-order valence-electron chi connectivity index (χ2n) is 7.24. The Labute approximate surface area is 152 Å². The first-order valence-electron chi connectivity index (χ1n) is 9.08. The first kappa shape index (κ1) is 17.0. The number of rotatable bonds is 3. The highest BCUT2D eigenvalue weighted by Crippen LogP contribution is 2.36. The summed E-state index contributed by atoms with van der Waals surface area (Å²) >= 11 is 0. The number of aromatic nitrogens is 2. The Bertz CT molecular complexity index is 791. The molecular weight excluding hydrogens is 332 g/mol. The Hall–Kier alpha value is -2.41. The van der Waals surface area contributed by atoms with Crippen LogP contribution in [0.5, 0.6) is 0 Å². The topological polar surface area (TPSA) is 80.5 Å². The summed E-state index contributed by atoms with van der Waals surface area (Å²) in [4.78, 5) is 23.2. The predicted octanol–water partition coefficient (Wildman–Crippen LogP) is 2.56. The molecule has 2 aliphatic heterocycles. The van der Waals surface area contributed by atoms with E-state index in [9.17, 15) is 4.79 Å². The summed E-state index contributed by atoms with van der Waals surface area (Å²) < 4.78 is 11.7. The number of carbonyl (C=O) groups excluding carboxylic acids is 1. The van der Waals surface area contributed by atoms with Crippen LogP contribution in [0.3, 0.4) is 0 Å². The van der Waals surface area contributed by atoms with E-state index in [-0.39, 0.29) is 17.6 Å². The summed E-state index contributed by atoms with van der Waals surface area (Å²) in [6.45, 7) is 5.70. The molecule has 7 nitrogen and oxygen atoms in total. The average Bonchev–Trinajstić information content (AvgIpc) is 3.18. The molecule has 1 spiro atoms. The highest BCUT2D eigenvalue weighted by Gasteiger charge is 2.45. The zero-order valence-electron chi connectivity index (χ0n) is 15.2. The van der Waals surface area contributed by atoms with Gasteiger partial charge in [-0.2, -0.15) is 0 Å². The van der Waals surface area contributed by atoms with E-state index in [1.165, 1.54) is 0 Å². The van der Waals surface area contributed by atoms with Gasteiger partial charge in [-0.1, -0.05) is 0 Å². The monoisotopic (exact) mass is 356 g/mol. The van der Waals surface area contributed by atoms with Gasteiger partial charge in [0.2, 0.25) is 5.95 Å². The van der Waals surface area contributed by atoms with Crippen LogP contribution in [-0.2, 0) is 4.74 Å². The van der Waals surface area contributed by atoms with E-state index in [2.05, 4.69) is 15.3 Å². The average molecular weight is 356 g/mol. The number of likely N-dealkylation sites (tertiary alicyclic amines) is 1. The summed E-state index contributed by atoms with van der Waals surface area (Å²) in [7, 11) is 0. The smallest absolute Gasteiger partial charge is 0.257 e. The van der Waals surface area contributed by atoms with Crippen LogP contribution in [0.2, 0.25) is 0 Å². The molecule has 0 unspecified atom stereocenters. The van der Waals surface area contributed by atoms with E-state index in [0.29, 0.717) is 37.0 Å². The lowest BCUT2D eigenvalue weighted by atomic mass is 9.89. The minimum Gasteiger partial charge on any atom is -0.466 e. The number of amides is 1. The summed E-state index contributed by atoms with van der Waals surface area (Å²) in [6.07, 6.45) is 6.07. The third kappa shape index (κ3) is 3.31. The summed E-state index contributed by atoms with van der Waals surface area (Å²) in [5.41, 5.74) is 0.371. The molecule has 0 radical (unpaired) electrons. The van der Waals surface area contributed by atoms with Gasteiger partial charge in [-0.15, -0.1) is 0 Å². The minimum atomic E-state index is -0.285. The number of furan rings is 1. The Morgan fingerprint density at radius 2 is 2.15 bits per heavy atom. The summed E-state index contributed by atoms with van der Waals surface area (Å²) in [6, 6.07) is 3.87. The summed E-state index contributed by atoms with van der Waals surface area (Å²) in [5.74, 6) is 2.12. The van der Waals surface area contributed by atoms with Crippen LogP contribution in [0.25, 0.3) is 0 Å². The molecule has 2 saturated heterocycles. The Balaban J connectivity index is 1.43. The van der Waals surface area contributed by atoms with Gasteiger partial charge < -0.3 is 19.4 Å². The molecule has 138 valence electrons. The standard InChI is InChI=1S/C19H24N4O3/c1-13-10-16(14(2)26-13)17(24)23-8-5-19(12-23)11-15(4-9-25-19)22-18-20-6-3-7-21-18/h3,6-7,10,15H,4-5,8-9,11-12H2,1-2H3,(H,20,21,22)/t15-,19-/m0/s1. The molecule has 4 heterocycles. The fraction of sp³-hybridized carbons (Fsp3) is 0.526. The Morgan fingerprint density at radius 1 is 1.35 bits per heavy atom. The molecule has 2 fully saturated rings. The molecular formula is C19H24N4O3. The van der Waals surface area contributed by atoms with Crippen molar-refractivity contribution in [3.05, 3.63) is 41.6 Å². The predicted molar refractivity (Wildman–Crippen MR) is 96.1 cm³/mol. The molecule has 0 aromatic carbocycles. The molecule has 2 aromatic heterocycles. The molecule has 4 rings (SSSR count). The van der Waals surface area contributed by atoms with Gasteiger partial charge in [-0.3, -0.25) is 4.79 Å². The van der Waals surface area contributed by atoms with Crippen LogP contribution < -0.4 is 5.32 Å². The number of hydrogen-bond donors (Lipinski definition) is 1. The number of hydrogen-bond acceptors (Lipinski definition) is 6. The fourth-order valence-electron chi connectivity index (χ4n) is 4.02. The van der Waals surface area contributed by atoms with E-state index >= 15 is 0 Å². The lowest BCUT2D eigenvalue weighted by molar-refractivity contribution is -0.0721. The highest BCUT2D eigenvalue weighted by atomic mass is 16.5. The maximum Gasteiger partial charge on any atom is 0.257 e. The lowest BCUT2D eigenvalue weighted by Gasteiger charge is -2.38. The zero-order chi connectivity index (χ0) is 18.1. The second kappa shape index (κ2) is 6.72. The van der Waals surface area contributed by atoms with Crippen molar-refractivity contribution in [2.45, 2.75) is 44.8 Å². The first-order valence-corrected chi connectivity index (χ1v) is 9.08. The van der Waals surface area contributed by atoms with Gasteiger partial charge in [0.1, 0.15) is 11.5 Å². The van der Waals surface area contributed by atoms with Crippen molar-refractivity contribution in [1.82, 2.24) is 14.9 Å². The van der Waals surface area contributed by atoms with Crippen LogP contribution in [0, 0.1) is 13.8 Å². The molecule has 2 atom stereocenters. The minimum absolute atomic E-state index is 0.0290. The molecule has 1 N–H and O–H groups in total. The molecule has 0 bridgehead atoms. The van der Waals surface area contributed by atoms with Gasteiger partial charge in [0.05, 0.1) is 17.7 Å².